The Bertz CT molecular complexity index is 4150. The summed E-state index contributed by atoms with van der Waals surface area (Å²) >= 11 is 0. The number of aryl methyl sites for hydroxylation is 3. The van der Waals surface area contributed by atoms with Gasteiger partial charge in [-0.15, -0.1) is 0 Å². The summed E-state index contributed by atoms with van der Waals surface area (Å²) in [6, 6.07) is 30.0. The summed E-state index contributed by atoms with van der Waals surface area (Å²) < 4.78 is 58.8. The van der Waals surface area contributed by atoms with Gasteiger partial charge >= 0.3 is 0 Å². The van der Waals surface area contributed by atoms with Gasteiger partial charge in [0.15, 0.2) is 0 Å². The summed E-state index contributed by atoms with van der Waals surface area (Å²) in [7, 11) is 4.60. The van der Waals surface area contributed by atoms with Crippen LogP contribution >= 0.6 is 0 Å². The highest BCUT2D eigenvalue weighted by atomic mass is 19.1. The van der Waals surface area contributed by atoms with Crippen LogP contribution in [0, 0.1) is 56.0 Å². The minimum atomic E-state index is -0.440. The number of aromatic nitrogens is 9. The molecule has 1 unspecified atom stereocenters. The first-order chi connectivity index (χ1) is 50.8. The second kappa shape index (κ2) is 36.0. The van der Waals surface area contributed by atoms with E-state index in [9.17, 15) is 43.8 Å². The molecule has 3 aliphatic carbocycles. The van der Waals surface area contributed by atoms with E-state index >= 15 is 0 Å². The van der Waals surface area contributed by atoms with E-state index in [1.54, 1.807) is 36.4 Å². The van der Waals surface area contributed by atoms with Gasteiger partial charge in [-0.25, -0.2) is 58.0 Å². The number of hydrogen-bond acceptors (Lipinski definition) is 27. The normalized spacial score (nSPS) is 16.4. The number of benzene rings is 3. The Balaban J connectivity index is 0.000000169. The zero-order chi connectivity index (χ0) is 74.8. The number of nitrogen functional groups attached to an aromatic ring is 3. The van der Waals surface area contributed by atoms with Crippen molar-refractivity contribution in [3.63, 3.8) is 0 Å². The molecule has 12 N–H and O–H groups in total. The SMILES string of the molecule is COc1cccc(-c2cc(F)ccc2C2C/C(=N\OCC(CO)CO)c3c(C)nc(N)nc3C2)n1.COc1cccc(-c2cc(F)ccc2[C@@H]2C/C(=N\OCC(CO)CO)c3c(C)nc(N)nc3C2)n1.COc1cccc(-c2cc(F)ccc2[C@H]2C/C(=N\OCC(CO)CO)c3c(C)nc(N)nc3C2)n1. The molecular formula is C75H84F3N15O12. The molecule has 105 heavy (non-hydrogen) atoms. The molecule has 3 atom stereocenters. The van der Waals surface area contributed by atoms with E-state index in [0.29, 0.717) is 124 Å². The van der Waals surface area contributed by atoms with Gasteiger partial charge in [0.05, 0.1) is 129 Å². The van der Waals surface area contributed by atoms with Crippen molar-refractivity contribution in [2.24, 2.45) is 33.2 Å². The maximum atomic E-state index is 14.3. The summed E-state index contributed by atoms with van der Waals surface area (Å²) in [6.45, 7) is 4.37. The molecule has 0 bridgehead atoms. The van der Waals surface area contributed by atoms with Crippen LogP contribution in [-0.2, 0) is 33.8 Å². The van der Waals surface area contributed by atoms with Gasteiger partial charge in [-0.1, -0.05) is 51.9 Å². The molecule has 0 aliphatic heterocycles. The van der Waals surface area contributed by atoms with Crippen LogP contribution in [-0.4, -0.2) is 173 Å². The Morgan fingerprint density at radius 3 is 0.895 bits per heavy atom. The molecule has 0 saturated carbocycles. The van der Waals surface area contributed by atoms with Gasteiger partial charge in [0, 0.05) is 88.6 Å². The maximum absolute atomic E-state index is 14.3. The van der Waals surface area contributed by atoms with Gasteiger partial charge in [-0.05, 0) is 129 Å². The molecule has 6 heterocycles. The number of anilines is 3. The number of methoxy groups -OCH3 is 3. The quantitative estimate of drug-likeness (QED) is 0.0260. The van der Waals surface area contributed by atoms with Crippen LogP contribution in [0.3, 0.4) is 0 Å². The smallest absolute Gasteiger partial charge is 0.220 e. The fourth-order valence-corrected chi connectivity index (χ4v) is 12.9. The van der Waals surface area contributed by atoms with Crippen LogP contribution in [0.25, 0.3) is 33.8 Å². The van der Waals surface area contributed by atoms with Crippen molar-refractivity contribution in [2.75, 3.05) is 98.0 Å². The zero-order valence-corrected chi connectivity index (χ0v) is 58.8. The van der Waals surface area contributed by atoms with E-state index < -0.39 is 17.8 Å². The lowest BCUT2D eigenvalue weighted by Gasteiger charge is -2.28. The topological polar surface area (TPSA) is 408 Å². The standard InChI is InChI=1S/3C25H28FN5O4/c3*1-14-24-21(30-25(27)28-14)8-16(9-22(24)31-35-13-15(11-32)12-33)18-7-6-17(26)10-19(18)20-4-3-5-23(29-20)34-2/h3*3-7,10,15-16,32-33H,8-9,11-13H2,1-2H3,(H2,27,28,30)/b3*31-22+/t2*16-;/m10./s1. The number of pyridine rings is 3. The predicted molar refractivity (Wildman–Crippen MR) is 386 cm³/mol. The van der Waals surface area contributed by atoms with E-state index in [-0.39, 0.29) is 113 Å². The highest BCUT2D eigenvalue weighted by Crippen LogP contribution is 2.43. The first kappa shape index (κ1) is 76.7. The first-order valence-corrected chi connectivity index (χ1v) is 33.8. The van der Waals surface area contributed by atoms with E-state index in [0.717, 1.165) is 50.5 Å². The Labute approximate surface area is 603 Å². The van der Waals surface area contributed by atoms with Crippen molar-refractivity contribution in [2.45, 2.75) is 77.0 Å². The molecule has 3 aromatic carbocycles. The number of aliphatic hydroxyl groups excluding tert-OH is 6. The van der Waals surface area contributed by atoms with Crippen molar-refractivity contribution in [3.8, 4) is 51.4 Å². The average Bonchev–Trinajstić information content (AvgIpc) is 0.778. The molecule has 12 rings (SSSR count). The number of oxime groups is 3. The van der Waals surface area contributed by atoms with Crippen molar-refractivity contribution >= 4 is 35.0 Å². The van der Waals surface area contributed by atoms with Crippen LogP contribution < -0.4 is 31.4 Å². The van der Waals surface area contributed by atoms with E-state index in [1.165, 1.54) is 57.7 Å². The summed E-state index contributed by atoms with van der Waals surface area (Å²) in [5.74, 6) is -1.00. The number of rotatable bonds is 24. The van der Waals surface area contributed by atoms with Gasteiger partial charge in [0.1, 0.15) is 37.3 Å². The summed E-state index contributed by atoms with van der Waals surface area (Å²) in [5, 5.41) is 68.9. The Morgan fingerprint density at radius 1 is 0.381 bits per heavy atom. The molecule has 0 fully saturated rings. The minimum Gasteiger partial charge on any atom is -0.481 e. The molecule has 0 radical (unpaired) electrons. The lowest BCUT2D eigenvalue weighted by atomic mass is 9.79. The Hall–Kier alpha value is -10.9. The molecule has 0 amide bonds. The third-order valence-electron chi connectivity index (χ3n) is 18.0. The van der Waals surface area contributed by atoms with Gasteiger partial charge < -0.3 is 76.6 Å². The number of fused-ring (bicyclic) bond motifs is 3. The number of halogens is 3. The second-order valence-electron chi connectivity index (χ2n) is 25.4. The van der Waals surface area contributed by atoms with Gasteiger partial charge in [0.2, 0.25) is 35.5 Å². The summed E-state index contributed by atoms with van der Waals surface area (Å²) in [4.78, 5) is 56.2. The predicted octanol–water partition coefficient (Wildman–Crippen LogP) is 7.89. The Kier molecular flexibility index (Phi) is 26.3. The minimum absolute atomic E-state index is 0.0565. The number of nitrogens with two attached hydrogens (primary N) is 3. The molecular weight excluding hydrogens is 1360 g/mol. The van der Waals surface area contributed by atoms with E-state index in [4.69, 9.17) is 45.9 Å². The van der Waals surface area contributed by atoms with Crippen molar-refractivity contribution in [1.29, 1.82) is 0 Å². The first-order valence-electron chi connectivity index (χ1n) is 33.8. The average molecular weight is 1440 g/mol. The molecule has 552 valence electrons. The van der Waals surface area contributed by atoms with E-state index in [2.05, 4.69) is 60.3 Å². The summed E-state index contributed by atoms with van der Waals surface area (Å²) in [6.07, 6.45) is 3.06. The van der Waals surface area contributed by atoms with Gasteiger partial charge in [-0.2, -0.15) is 0 Å². The number of ether oxygens (including phenoxy) is 3. The number of aliphatic hydroxyl groups is 6. The molecule has 9 aromatic rings. The van der Waals surface area contributed by atoms with Crippen molar-refractivity contribution in [3.05, 3.63) is 194 Å². The fourth-order valence-electron chi connectivity index (χ4n) is 12.9. The molecule has 3 aliphatic rings. The third kappa shape index (κ3) is 18.9. The maximum Gasteiger partial charge on any atom is 0.220 e. The van der Waals surface area contributed by atoms with Crippen molar-refractivity contribution in [1.82, 2.24) is 44.9 Å². The monoisotopic (exact) mass is 1440 g/mol. The van der Waals surface area contributed by atoms with Crippen LogP contribution in [0.4, 0.5) is 31.0 Å². The fraction of sp³-hybridized carbons (Fsp3) is 0.360. The van der Waals surface area contributed by atoms with Crippen LogP contribution in [0.15, 0.2) is 125 Å². The van der Waals surface area contributed by atoms with Gasteiger partial charge in [0.25, 0.3) is 0 Å². The van der Waals surface area contributed by atoms with Crippen LogP contribution in [0.2, 0.25) is 0 Å². The highest BCUT2D eigenvalue weighted by molar-refractivity contribution is 6.05. The Morgan fingerprint density at radius 2 is 0.648 bits per heavy atom. The van der Waals surface area contributed by atoms with Crippen LogP contribution in [0.5, 0.6) is 17.6 Å². The van der Waals surface area contributed by atoms with Gasteiger partial charge in [-0.3, -0.25) is 0 Å². The molecule has 0 saturated heterocycles. The number of nitrogens with zero attached hydrogens (tertiary/aromatic N) is 12. The lowest BCUT2D eigenvalue weighted by Crippen LogP contribution is -2.25. The van der Waals surface area contributed by atoms with Crippen molar-refractivity contribution < 1.29 is 72.5 Å². The van der Waals surface area contributed by atoms with Crippen LogP contribution in [0.1, 0.15) is 105 Å². The van der Waals surface area contributed by atoms with E-state index in [1.807, 2.05) is 57.2 Å². The highest BCUT2D eigenvalue weighted by Gasteiger charge is 2.35. The molecule has 6 aromatic heterocycles. The second-order valence-corrected chi connectivity index (χ2v) is 25.4. The number of hydrogen-bond donors (Lipinski definition) is 9. The molecule has 30 heteroatoms. The zero-order valence-electron chi connectivity index (χ0n) is 58.8. The molecule has 0 spiro atoms. The summed E-state index contributed by atoms with van der Waals surface area (Å²) in [5.41, 5.74) is 32.6. The largest absolute Gasteiger partial charge is 0.481 e. The molecule has 27 nitrogen and oxygen atoms in total. The third-order valence-corrected chi connectivity index (χ3v) is 18.0. The lowest BCUT2D eigenvalue weighted by molar-refractivity contribution is 0.0478.